The first-order valence-electron chi connectivity index (χ1n) is 5.29. The van der Waals surface area contributed by atoms with E-state index in [4.69, 9.17) is 5.26 Å². The van der Waals surface area contributed by atoms with E-state index in [-0.39, 0.29) is 6.10 Å². The molecule has 0 saturated carbocycles. The summed E-state index contributed by atoms with van der Waals surface area (Å²) in [4.78, 5) is 0. The molecule has 1 atom stereocenters. The molecule has 0 aromatic heterocycles. The van der Waals surface area contributed by atoms with Crippen molar-refractivity contribution in [3.8, 4) is 6.07 Å². The summed E-state index contributed by atoms with van der Waals surface area (Å²) < 4.78 is 0.769. The van der Waals surface area contributed by atoms with Crippen molar-refractivity contribution in [2.75, 3.05) is 11.9 Å². The Balaban J connectivity index is 2.67. The fraction of sp³-hybridized carbons (Fsp3) is 0.417. The third-order valence-electron chi connectivity index (χ3n) is 2.28. The normalized spacial score (nSPS) is 11.9. The fourth-order valence-corrected chi connectivity index (χ4v) is 1.90. The molecule has 1 unspecified atom stereocenters. The summed E-state index contributed by atoms with van der Waals surface area (Å²) in [7, 11) is 0. The Morgan fingerprint density at radius 3 is 2.94 bits per heavy atom. The van der Waals surface area contributed by atoms with E-state index in [1.807, 2.05) is 25.1 Å². The smallest absolute Gasteiger partial charge is 0.103 e. The lowest BCUT2D eigenvalue weighted by atomic mass is 10.1. The molecular weight excluding hydrogens is 268 g/mol. The van der Waals surface area contributed by atoms with E-state index in [0.29, 0.717) is 12.1 Å². The first kappa shape index (κ1) is 13.0. The number of halogens is 1. The van der Waals surface area contributed by atoms with Crippen LogP contribution < -0.4 is 5.32 Å². The van der Waals surface area contributed by atoms with Crippen LogP contribution in [-0.2, 0) is 0 Å². The molecule has 0 spiro atoms. The average molecular weight is 283 g/mol. The van der Waals surface area contributed by atoms with Gasteiger partial charge in [0.15, 0.2) is 0 Å². The van der Waals surface area contributed by atoms with Gasteiger partial charge in [0.2, 0.25) is 0 Å². The van der Waals surface area contributed by atoms with Crippen molar-refractivity contribution in [3.05, 3.63) is 28.2 Å². The predicted molar refractivity (Wildman–Crippen MR) is 68.3 cm³/mol. The Hall–Kier alpha value is -1.05. The summed E-state index contributed by atoms with van der Waals surface area (Å²) >= 11 is 3.32. The van der Waals surface area contributed by atoms with Crippen LogP contribution in [-0.4, -0.2) is 17.8 Å². The number of aliphatic hydroxyl groups is 1. The second kappa shape index (κ2) is 6.51. The Kier molecular flexibility index (Phi) is 5.30. The van der Waals surface area contributed by atoms with Crippen LogP contribution in [0.4, 0.5) is 5.69 Å². The molecule has 1 rings (SSSR count). The Labute approximate surface area is 104 Å². The zero-order chi connectivity index (χ0) is 12.0. The molecule has 0 aliphatic rings. The van der Waals surface area contributed by atoms with Crippen molar-refractivity contribution in [1.29, 1.82) is 5.26 Å². The van der Waals surface area contributed by atoms with Crippen LogP contribution in [0.25, 0.3) is 0 Å². The van der Waals surface area contributed by atoms with Crippen LogP contribution >= 0.6 is 15.9 Å². The molecule has 2 N–H and O–H groups in total. The van der Waals surface area contributed by atoms with Crippen molar-refractivity contribution in [2.24, 2.45) is 0 Å². The maximum Gasteiger partial charge on any atom is 0.103 e. The molecule has 0 aliphatic carbocycles. The summed E-state index contributed by atoms with van der Waals surface area (Å²) in [5, 5.41) is 21.7. The highest BCUT2D eigenvalue weighted by Gasteiger charge is 2.07. The van der Waals surface area contributed by atoms with Gasteiger partial charge in [-0.1, -0.05) is 19.4 Å². The van der Waals surface area contributed by atoms with Gasteiger partial charge in [-0.05, 0) is 34.5 Å². The van der Waals surface area contributed by atoms with Gasteiger partial charge in [0.05, 0.1) is 17.4 Å². The number of hydrogen-bond acceptors (Lipinski definition) is 3. The zero-order valence-corrected chi connectivity index (χ0v) is 10.8. The highest BCUT2D eigenvalue weighted by molar-refractivity contribution is 9.10. The Bertz CT molecular complexity index is 387. The minimum Gasteiger partial charge on any atom is -0.391 e. The van der Waals surface area contributed by atoms with E-state index in [0.717, 1.165) is 23.0 Å². The van der Waals surface area contributed by atoms with Gasteiger partial charge in [0.25, 0.3) is 0 Å². The second-order valence-corrected chi connectivity index (χ2v) is 4.45. The number of hydrogen-bond donors (Lipinski definition) is 2. The first-order valence-corrected chi connectivity index (χ1v) is 6.08. The number of rotatable bonds is 5. The molecule has 3 nitrogen and oxygen atoms in total. The van der Waals surface area contributed by atoms with Crippen molar-refractivity contribution >= 4 is 21.6 Å². The summed E-state index contributed by atoms with van der Waals surface area (Å²) in [6.45, 7) is 2.50. The standard InChI is InChI=1S/C12H15BrN2O/c1-2-4-9(16)8-15-12-6-3-5-11(13)10(12)7-14/h3,5-6,9,15-16H,2,4,8H2,1H3. The molecule has 86 valence electrons. The van der Waals surface area contributed by atoms with E-state index in [1.54, 1.807) is 0 Å². The highest BCUT2D eigenvalue weighted by atomic mass is 79.9. The van der Waals surface area contributed by atoms with Crippen molar-refractivity contribution in [2.45, 2.75) is 25.9 Å². The number of anilines is 1. The molecule has 16 heavy (non-hydrogen) atoms. The van der Waals surface area contributed by atoms with E-state index in [9.17, 15) is 5.11 Å². The topological polar surface area (TPSA) is 56.0 Å². The van der Waals surface area contributed by atoms with Crippen LogP contribution in [0.5, 0.6) is 0 Å². The van der Waals surface area contributed by atoms with Gasteiger partial charge in [-0.15, -0.1) is 0 Å². The fourth-order valence-electron chi connectivity index (χ4n) is 1.45. The van der Waals surface area contributed by atoms with Gasteiger partial charge in [-0.3, -0.25) is 0 Å². The van der Waals surface area contributed by atoms with Crippen molar-refractivity contribution in [3.63, 3.8) is 0 Å². The largest absolute Gasteiger partial charge is 0.391 e. The molecular formula is C12H15BrN2O. The lowest BCUT2D eigenvalue weighted by Crippen LogP contribution is -2.19. The van der Waals surface area contributed by atoms with Crippen molar-refractivity contribution in [1.82, 2.24) is 0 Å². The number of nitriles is 1. The van der Waals surface area contributed by atoms with Gasteiger partial charge in [-0.2, -0.15) is 5.26 Å². The lowest BCUT2D eigenvalue weighted by Gasteiger charge is -2.13. The number of nitrogens with one attached hydrogen (secondary N) is 1. The van der Waals surface area contributed by atoms with Gasteiger partial charge in [0.1, 0.15) is 6.07 Å². The molecule has 0 saturated heterocycles. The molecule has 0 heterocycles. The molecule has 0 amide bonds. The first-order chi connectivity index (χ1) is 7.69. The summed E-state index contributed by atoms with van der Waals surface area (Å²) in [6.07, 6.45) is 1.35. The zero-order valence-electron chi connectivity index (χ0n) is 9.20. The Morgan fingerprint density at radius 1 is 1.56 bits per heavy atom. The SMILES string of the molecule is CCCC(O)CNc1cccc(Br)c1C#N. The van der Waals surface area contributed by atoms with Crippen molar-refractivity contribution < 1.29 is 5.11 Å². The number of benzene rings is 1. The van der Waals surface area contributed by atoms with E-state index >= 15 is 0 Å². The van der Waals surface area contributed by atoms with Gasteiger partial charge in [-0.25, -0.2) is 0 Å². The monoisotopic (exact) mass is 282 g/mol. The van der Waals surface area contributed by atoms with Crippen LogP contribution in [0.15, 0.2) is 22.7 Å². The maximum atomic E-state index is 9.59. The number of aliphatic hydroxyl groups excluding tert-OH is 1. The number of nitrogens with zero attached hydrogens (tertiary/aromatic N) is 1. The molecule has 0 fully saturated rings. The predicted octanol–water partition coefficient (Wildman–Crippen LogP) is 2.89. The van der Waals surface area contributed by atoms with E-state index in [1.165, 1.54) is 0 Å². The molecule has 4 heteroatoms. The minimum atomic E-state index is -0.365. The van der Waals surface area contributed by atoms with Gasteiger partial charge >= 0.3 is 0 Å². The molecule has 0 aliphatic heterocycles. The minimum absolute atomic E-state index is 0.365. The van der Waals surface area contributed by atoms with Crippen LogP contribution in [0.3, 0.4) is 0 Å². The van der Waals surface area contributed by atoms with Crippen LogP contribution in [0, 0.1) is 11.3 Å². The third-order valence-corrected chi connectivity index (χ3v) is 2.94. The summed E-state index contributed by atoms with van der Waals surface area (Å²) in [5.41, 5.74) is 1.33. The second-order valence-electron chi connectivity index (χ2n) is 3.60. The van der Waals surface area contributed by atoms with Crippen LogP contribution in [0.1, 0.15) is 25.3 Å². The van der Waals surface area contributed by atoms with Gasteiger partial charge in [0, 0.05) is 11.0 Å². The third kappa shape index (κ3) is 3.51. The maximum absolute atomic E-state index is 9.59. The lowest BCUT2D eigenvalue weighted by molar-refractivity contribution is 0.176. The molecule has 1 aromatic rings. The summed E-state index contributed by atoms with van der Waals surface area (Å²) in [5.74, 6) is 0. The average Bonchev–Trinajstić information content (AvgIpc) is 2.27. The molecule has 1 aromatic carbocycles. The highest BCUT2D eigenvalue weighted by Crippen LogP contribution is 2.23. The quantitative estimate of drug-likeness (QED) is 0.873. The molecule has 0 radical (unpaired) electrons. The Morgan fingerprint density at radius 2 is 2.31 bits per heavy atom. The van der Waals surface area contributed by atoms with E-state index < -0.39 is 0 Å². The molecule has 0 bridgehead atoms. The van der Waals surface area contributed by atoms with Gasteiger partial charge < -0.3 is 10.4 Å². The summed E-state index contributed by atoms with van der Waals surface area (Å²) in [6, 6.07) is 7.65. The van der Waals surface area contributed by atoms with E-state index in [2.05, 4.69) is 27.3 Å². The van der Waals surface area contributed by atoms with Crippen LogP contribution in [0.2, 0.25) is 0 Å².